The summed E-state index contributed by atoms with van der Waals surface area (Å²) in [7, 11) is 3.68. The van der Waals surface area contributed by atoms with Gasteiger partial charge in [0, 0.05) is 66.6 Å². The first-order valence-corrected chi connectivity index (χ1v) is 12.7. The van der Waals surface area contributed by atoms with E-state index in [2.05, 4.69) is 55.8 Å². The summed E-state index contributed by atoms with van der Waals surface area (Å²) in [5.74, 6) is 0.947. The second-order valence-electron chi connectivity index (χ2n) is 9.61. The van der Waals surface area contributed by atoms with Crippen molar-refractivity contribution in [3.05, 3.63) is 35.9 Å². The zero-order valence-corrected chi connectivity index (χ0v) is 23.2. The van der Waals surface area contributed by atoms with Crippen molar-refractivity contribution < 1.29 is 4.74 Å². The van der Waals surface area contributed by atoms with Crippen molar-refractivity contribution in [1.82, 2.24) is 20.4 Å². The Balaban J connectivity index is 0.00000385. The van der Waals surface area contributed by atoms with E-state index in [1.54, 1.807) is 7.11 Å². The molecule has 1 heterocycles. The van der Waals surface area contributed by atoms with Crippen LogP contribution in [-0.4, -0.2) is 82.3 Å². The predicted molar refractivity (Wildman–Crippen MR) is 150 cm³/mol. The number of methoxy groups -OCH3 is 1. The lowest BCUT2D eigenvalue weighted by atomic mass is 9.83. The van der Waals surface area contributed by atoms with Crippen LogP contribution >= 0.6 is 24.0 Å². The number of benzene rings is 1. The molecule has 2 N–H and O–H groups in total. The van der Waals surface area contributed by atoms with Crippen molar-refractivity contribution in [2.45, 2.75) is 51.5 Å². The molecule has 2 fully saturated rings. The van der Waals surface area contributed by atoms with Crippen LogP contribution in [0.25, 0.3) is 0 Å². The van der Waals surface area contributed by atoms with Gasteiger partial charge in [-0.25, -0.2) is 0 Å². The van der Waals surface area contributed by atoms with Crippen LogP contribution in [0, 0.1) is 5.41 Å². The smallest absolute Gasteiger partial charge is 0.190 e. The maximum Gasteiger partial charge on any atom is 0.190 e. The molecule has 33 heavy (non-hydrogen) atoms. The molecular weight excluding hydrogens is 525 g/mol. The Labute approximate surface area is 218 Å². The minimum atomic E-state index is 0. The summed E-state index contributed by atoms with van der Waals surface area (Å²) in [5, 5.41) is 7.11. The highest BCUT2D eigenvalue weighted by molar-refractivity contribution is 14.0. The lowest BCUT2D eigenvalue weighted by molar-refractivity contribution is 0.126. The average molecular weight is 572 g/mol. The van der Waals surface area contributed by atoms with Crippen LogP contribution in [0.4, 0.5) is 0 Å². The Morgan fingerprint density at radius 2 is 1.70 bits per heavy atom. The van der Waals surface area contributed by atoms with Gasteiger partial charge in [0.05, 0.1) is 0 Å². The van der Waals surface area contributed by atoms with E-state index in [1.807, 2.05) is 7.05 Å². The lowest BCUT2D eigenvalue weighted by Crippen LogP contribution is -2.46. The molecule has 1 aliphatic carbocycles. The monoisotopic (exact) mass is 571 g/mol. The first kappa shape index (κ1) is 28.3. The maximum absolute atomic E-state index is 5.36. The average Bonchev–Trinajstić information content (AvgIpc) is 3.30. The summed E-state index contributed by atoms with van der Waals surface area (Å²) in [5.41, 5.74) is 1.81. The number of piperazine rings is 1. The van der Waals surface area contributed by atoms with E-state index in [0.29, 0.717) is 5.41 Å². The second kappa shape index (κ2) is 15.9. The van der Waals surface area contributed by atoms with Gasteiger partial charge in [-0.15, -0.1) is 24.0 Å². The number of nitrogens with one attached hydrogen (secondary N) is 2. The Hall–Kier alpha value is -0.900. The van der Waals surface area contributed by atoms with Gasteiger partial charge in [0.15, 0.2) is 5.96 Å². The van der Waals surface area contributed by atoms with Crippen molar-refractivity contribution in [2.75, 3.05) is 66.6 Å². The van der Waals surface area contributed by atoms with Crippen LogP contribution in [0.5, 0.6) is 0 Å². The predicted octanol–water partition coefficient (Wildman–Crippen LogP) is 3.96. The fourth-order valence-corrected chi connectivity index (χ4v) is 5.13. The van der Waals surface area contributed by atoms with E-state index in [9.17, 15) is 0 Å². The highest BCUT2D eigenvalue weighted by Crippen LogP contribution is 2.40. The summed E-state index contributed by atoms with van der Waals surface area (Å²) in [6, 6.07) is 10.8. The van der Waals surface area contributed by atoms with Crippen molar-refractivity contribution in [3.63, 3.8) is 0 Å². The van der Waals surface area contributed by atoms with Crippen LogP contribution in [0.15, 0.2) is 35.3 Å². The third-order valence-corrected chi connectivity index (χ3v) is 7.26. The SMILES string of the molecule is CN=C(NCCCCN1CCN(Cc2ccccc2)CC1)NCC1(CCOC)CCCC1.I. The highest BCUT2D eigenvalue weighted by Gasteiger charge is 2.33. The summed E-state index contributed by atoms with van der Waals surface area (Å²) >= 11 is 0. The van der Waals surface area contributed by atoms with Gasteiger partial charge < -0.3 is 20.3 Å². The van der Waals surface area contributed by atoms with Gasteiger partial charge in [-0.3, -0.25) is 9.89 Å². The van der Waals surface area contributed by atoms with E-state index in [-0.39, 0.29) is 24.0 Å². The molecule has 0 aromatic heterocycles. The zero-order chi connectivity index (χ0) is 22.5. The van der Waals surface area contributed by atoms with Gasteiger partial charge in [-0.2, -0.15) is 0 Å². The first-order valence-electron chi connectivity index (χ1n) is 12.7. The van der Waals surface area contributed by atoms with Gasteiger partial charge in [-0.05, 0) is 49.6 Å². The molecule has 1 saturated carbocycles. The van der Waals surface area contributed by atoms with E-state index < -0.39 is 0 Å². The van der Waals surface area contributed by atoms with Gasteiger partial charge in [0.25, 0.3) is 0 Å². The topological polar surface area (TPSA) is 52.1 Å². The Morgan fingerprint density at radius 3 is 2.36 bits per heavy atom. The van der Waals surface area contributed by atoms with Crippen LogP contribution in [0.3, 0.4) is 0 Å². The molecular formula is C26H46IN5O. The Morgan fingerprint density at radius 1 is 1.00 bits per heavy atom. The second-order valence-corrected chi connectivity index (χ2v) is 9.61. The third kappa shape index (κ3) is 10.1. The molecule has 0 bridgehead atoms. The third-order valence-electron chi connectivity index (χ3n) is 7.26. The number of rotatable bonds is 12. The molecule has 0 atom stereocenters. The fourth-order valence-electron chi connectivity index (χ4n) is 5.13. The van der Waals surface area contributed by atoms with Crippen molar-refractivity contribution in [3.8, 4) is 0 Å². The molecule has 1 aliphatic heterocycles. The number of hydrogen-bond donors (Lipinski definition) is 2. The molecule has 6 nitrogen and oxygen atoms in total. The minimum absolute atomic E-state index is 0. The largest absolute Gasteiger partial charge is 0.385 e. The van der Waals surface area contributed by atoms with Crippen molar-refractivity contribution in [2.24, 2.45) is 10.4 Å². The minimum Gasteiger partial charge on any atom is -0.385 e. The lowest BCUT2D eigenvalue weighted by Gasteiger charge is -2.34. The highest BCUT2D eigenvalue weighted by atomic mass is 127. The molecule has 7 heteroatoms. The Kier molecular flexibility index (Phi) is 13.7. The number of unbranched alkanes of at least 4 members (excludes halogenated alkanes) is 1. The number of hydrogen-bond acceptors (Lipinski definition) is 4. The summed E-state index contributed by atoms with van der Waals surface area (Å²) in [6.45, 7) is 9.85. The van der Waals surface area contributed by atoms with Crippen LogP contribution in [0.1, 0.15) is 50.5 Å². The van der Waals surface area contributed by atoms with Crippen LogP contribution in [0.2, 0.25) is 0 Å². The van der Waals surface area contributed by atoms with E-state index in [1.165, 1.54) is 76.8 Å². The van der Waals surface area contributed by atoms with E-state index >= 15 is 0 Å². The molecule has 1 saturated heterocycles. The summed E-state index contributed by atoms with van der Waals surface area (Å²) < 4.78 is 5.36. The van der Waals surface area contributed by atoms with Crippen LogP contribution in [-0.2, 0) is 11.3 Å². The molecule has 0 radical (unpaired) electrons. The molecule has 1 aromatic carbocycles. The fraction of sp³-hybridized carbons (Fsp3) is 0.731. The van der Waals surface area contributed by atoms with Gasteiger partial charge >= 0.3 is 0 Å². The molecule has 0 unspecified atom stereocenters. The molecule has 2 aliphatic rings. The molecule has 3 rings (SSSR count). The van der Waals surface area contributed by atoms with Gasteiger partial charge in [0.2, 0.25) is 0 Å². The number of halogens is 1. The molecule has 0 amide bonds. The first-order chi connectivity index (χ1) is 15.7. The number of aliphatic imine (C=N–C) groups is 1. The molecule has 188 valence electrons. The summed E-state index contributed by atoms with van der Waals surface area (Å²) in [4.78, 5) is 9.63. The van der Waals surface area contributed by atoms with Gasteiger partial charge in [0.1, 0.15) is 0 Å². The summed E-state index contributed by atoms with van der Waals surface area (Å²) in [6.07, 6.45) is 8.86. The molecule has 1 aromatic rings. The zero-order valence-electron chi connectivity index (χ0n) is 20.9. The van der Waals surface area contributed by atoms with Crippen LogP contribution < -0.4 is 10.6 Å². The number of nitrogens with zero attached hydrogens (tertiary/aromatic N) is 3. The van der Waals surface area contributed by atoms with Gasteiger partial charge in [-0.1, -0.05) is 43.2 Å². The van der Waals surface area contributed by atoms with Crippen molar-refractivity contribution in [1.29, 1.82) is 0 Å². The van der Waals surface area contributed by atoms with E-state index in [4.69, 9.17) is 4.74 Å². The molecule has 0 spiro atoms. The van der Waals surface area contributed by atoms with Crippen molar-refractivity contribution >= 4 is 29.9 Å². The quantitative estimate of drug-likeness (QED) is 0.172. The normalized spacial score (nSPS) is 19.3. The number of ether oxygens (including phenoxy) is 1. The maximum atomic E-state index is 5.36. The van der Waals surface area contributed by atoms with E-state index in [0.717, 1.165) is 38.6 Å². The number of guanidine groups is 1. The standard InChI is InChI=1S/C26H45N5O.HI/c1-27-25(29-23-26(14-21-32-2)12-6-7-13-26)28-15-8-9-16-30-17-19-31(20-18-30)22-24-10-4-3-5-11-24;/h3-5,10-11H,6-9,12-23H2,1-2H3,(H2,27,28,29);1H. The Bertz CT molecular complexity index is 658.